The SMILES string of the molecule is C.C=C(C(=O)O)c1cc(Cl)sc1Cl. The molecule has 0 aliphatic rings. The van der Waals surface area contributed by atoms with E-state index in [-0.39, 0.29) is 13.0 Å². The largest absolute Gasteiger partial charge is 0.478 e. The third-order valence-corrected chi connectivity index (χ3v) is 2.73. The van der Waals surface area contributed by atoms with Gasteiger partial charge in [0.2, 0.25) is 0 Å². The summed E-state index contributed by atoms with van der Waals surface area (Å²) in [6, 6.07) is 1.49. The van der Waals surface area contributed by atoms with Crippen molar-refractivity contribution in [1.29, 1.82) is 0 Å². The molecule has 1 rings (SSSR count). The summed E-state index contributed by atoms with van der Waals surface area (Å²) in [5.41, 5.74) is 0.349. The number of carboxylic acid groups (broad SMARTS) is 1. The van der Waals surface area contributed by atoms with Crippen LogP contribution in [0.3, 0.4) is 0 Å². The van der Waals surface area contributed by atoms with Gasteiger partial charge in [-0.3, -0.25) is 0 Å². The van der Waals surface area contributed by atoms with E-state index >= 15 is 0 Å². The molecule has 5 heteroatoms. The maximum Gasteiger partial charge on any atom is 0.335 e. The van der Waals surface area contributed by atoms with Crippen LogP contribution in [0.25, 0.3) is 5.57 Å². The van der Waals surface area contributed by atoms with Gasteiger partial charge in [-0.2, -0.15) is 0 Å². The topological polar surface area (TPSA) is 37.3 Å². The fourth-order valence-electron chi connectivity index (χ4n) is 0.661. The van der Waals surface area contributed by atoms with Crippen molar-refractivity contribution in [3.8, 4) is 0 Å². The normalized spacial score (nSPS) is 9.08. The molecule has 1 aromatic rings. The van der Waals surface area contributed by atoms with E-state index in [9.17, 15) is 4.79 Å². The van der Waals surface area contributed by atoms with Crippen LogP contribution in [0.15, 0.2) is 12.6 Å². The van der Waals surface area contributed by atoms with Gasteiger partial charge in [0.1, 0.15) is 4.34 Å². The third-order valence-electron chi connectivity index (χ3n) is 1.24. The van der Waals surface area contributed by atoms with Crippen LogP contribution < -0.4 is 0 Å². The Morgan fingerprint density at radius 1 is 1.54 bits per heavy atom. The number of rotatable bonds is 2. The van der Waals surface area contributed by atoms with Gasteiger partial charge in [-0.25, -0.2) is 4.79 Å². The van der Waals surface area contributed by atoms with Crippen LogP contribution in [0.2, 0.25) is 8.67 Å². The minimum Gasteiger partial charge on any atom is -0.478 e. The lowest BCUT2D eigenvalue weighted by molar-refractivity contribution is -0.130. The first-order valence-electron chi connectivity index (χ1n) is 2.89. The van der Waals surface area contributed by atoms with E-state index in [0.29, 0.717) is 14.2 Å². The Morgan fingerprint density at radius 2 is 2.08 bits per heavy atom. The Labute approximate surface area is 90.4 Å². The summed E-state index contributed by atoms with van der Waals surface area (Å²) in [5.74, 6) is -1.09. The molecule has 1 N–H and O–H groups in total. The number of thiophene rings is 1. The lowest BCUT2D eigenvalue weighted by Crippen LogP contribution is -1.96. The standard InChI is InChI=1S/C7H4Cl2O2S.CH4/c1-3(7(10)11)4-2-5(8)12-6(4)9;/h2H,1H2,(H,10,11);1H4. The number of hydrogen-bond donors (Lipinski definition) is 1. The van der Waals surface area contributed by atoms with Crippen molar-refractivity contribution in [3.05, 3.63) is 26.9 Å². The first-order valence-corrected chi connectivity index (χ1v) is 4.47. The Kier molecular flexibility index (Phi) is 4.47. The number of halogens is 2. The van der Waals surface area contributed by atoms with Gasteiger partial charge in [-0.05, 0) is 6.07 Å². The molecule has 0 aromatic carbocycles. The summed E-state index contributed by atoms with van der Waals surface area (Å²) >= 11 is 12.4. The molecule has 0 spiro atoms. The van der Waals surface area contributed by atoms with Crippen LogP contribution >= 0.6 is 34.5 Å². The molecule has 0 radical (unpaired) electrons. The van der Waals surface area contributed by atoms with Crippen LogP contribution in [-0.4, -0.2) is 11.1 Å². The Balaban J connectivity index is 0.00000144. The smallest absolute Gasteiger partial charge is 0.335 e. The van der Waals surface area contributed by atoms with E-state index in [1.807, 2.05) is 0 Å². The summed E-state index contributed by atoms with van der Waals surface area (Å²) in [6.45, 7) is 3.36. The summed E-state index contributed by atoms with van der Waals surface area (Å²) in [6.07, 6.45) is 0. The molecular formula is C8H8Cl2O2S. The summed E-state index contributed by atoms with van der Waals surface area (Å²) in [5, 5.41) is 8.57. The highest BCUT2D eigenvalue weighted by Crippen LogP contribution is 2.34. The van der Waals surface area contributed by atoms with E-state index in [1.54, 1.807) is 0 Å². The number of hydrogen-bond acceptors (Lipinski definition) is 2. The molecule has 72 valence electrons. The highest BCUT2D eigenvalue weighted by atomic mass is 35.5. The number of aliphatic carboxylic acids is 1. The third kappa shape index (κ3) is 2.72. The Bertz CT molecular complexity index is 344. The van der Waals surface area contributed by atoms with Crippen molar-refractivity contribution in [2.45, 2.75) is 7.43 Å². The molecule has 1 heterocycles. The molecule has 0 saturated carbocycles. The second-order valence-electron chi connectivity index (χ2n) is 2.02. The van der Waals surface area contributed by atoms with Crippen LogP contribution in [0, 0.1) is 0 Å². The van der Waals surface area contributed by atoms with E-state index < -0.39 is 5.97 Å². The quantitative estimate of drug-likeness (QED) is 0.797. The summed E-state index contributed by atoms with van der Waals surface area (Å²) < 4.78 is 0.810. The van der Waals surface area contributed by atoms with Crippen molar-refractivity contribution in [2.75, 3.05) is 0 Å². The Morgan fingerprint density at radius 3 is 2.38 bits per heavy atom. The lowest BCUT2D eigenvalue weighted by Gasteiger charge is -1.94. The second kappa shape index (κ2) is 4.65. The average molecular weight is 239 g/mol. The zero-order chi connectivity index (χ0) is 9.30. The molecule has 0 amide bonds. The van der Waals surface area contributed by atoms with E-state index in [4.69, 9.17) is 28.3 Å². The fraction of sp³-hybridized carbons (Fsp3) is 0.125. The van der Waals surface area contributed by atoms with Crippen molar-refractivity contribution >= 4 is 46.1 Å². The van der Waals surface area contributed by atoms with Crippen LogP contribution in [-0.2, 0) is 4.79 Å². The first-order chi connectivity index (χ1) is 5.52. The van der Waals surface area contributed by atoms with Gasteiger partial charge in [-0.15, -0.1) is 11.3 Å². The molecule has 0 unspecified atom stereocenters. The van der Waals surface area contributed by atoms with Gasteiger partial charge in [0.05, 0.1) is 9.91 Å². The van der Waals surface area contributed by atoms with Crippen molar-refractivity contribution in [2.24, 2.45) is 0 Å². The van der Waals surface area contributed by atoms with Gasteiger partial charge in [-0.1, -0.05) is 37.2 Å². The lowest BCUT2D eigenvalue weighted by atomic mass is 10.2. The van der Waals surface area contributed by atoms with Crippen molar-refractivity contribution < 1.29 is 9.90 Å². The minimum atomic E-state index is -1.09. The maximum absolute atomic E-state index is 10.5. The Hall–Kier alpha value is -0.510. The van der Waals surface area contributed by atoms with Gasteiger partial charge < -0.3 is 5.11 Å². The molecule has 0 fully saturated rings. The van der Waals surface area contributed by atoms with Gasteiger partial charge >= 0.3 is 5.97 Å². The van der Waals surface area contributed by atoms with E-state index in [2.05, 4.69) is 6.58 Å². The van der Waals surface area contributed by atoms with Gasteiger partial charge in [0.25, 0.3) is 0 Å². The molecule has 2 nitrogen and oxygen atoms in total. The highest BCUT2D eigenvalue weighted by molar-refractivity contribution is 7.20. The summed E-state index contributed by atoms with van der Waals surface area (Å²) in [7, 11) is 0. The molecule has 1 aromatic heterocycles. The summed E-state index contributed by atoms with van der Waals surface area (Å²) in [4.78, 5) is 10.5. The molecule has 0 aliphatic heterocycles. The molecule has 0 bridgehead atoms. The van der Waals surface area contributed by atoms with E-state index in [1.165, 1.54) is 6.07 Å². The minimum absolute atomic E-state index is 0. The van der Waals surface area contributed by atoms with Crippen LogP contribution in [0.4, 0.5) is 0 Å². The average Bonchev–Trinajstić information content (AvgIpc) is 2.28. The molecule has 0 saturated heterocycles. The van der Waals surface area contributed by atoms with E-state index in [0.717, 1.165) is 11.3 Å². The first kappa shape index (κ1) is 12.5. The molecular weight excluding hydrogens is 231 g/mol. The molecule has 0 atom stereocenters. The van der Waals surface area contributed by atoms with Gasteiger partial charge in [0.15, 0.2) is 0 Å². The number of carbonyl (C=O) groups is 1. The van der Waals surface area contributed by atoms with Crippen molar-refractivity contribution in [3.63, 3.8) is 0 Å². The fourth-order valence-corrected chi connectivity index (χ4v) is 2.18. The maximum atomic E-state index is 10.5. The van der Waals surface area contributed by atoms with Crippen LogP contribution in [0.5, 0.6) is 0 Å². The zero-order valence-corrected chi connectivity index (χ0v) is 8.13. The number of carboxylic acids is 1. The predicted octanol–water partition coefficient (Wildman–Crippen LogP) is 3.79. The van der Waals surface area contributed by atoms with Crippen molar-refractivity contribution in [1.82, 2.24) is 0 Å². The molecule has 13 heavy (non-hydrogen) atoms. The predicted molar refractivity (Wildman–Crippen MR) is 57.7 cm³/mol. The van der Waals surface area contributed by atoms with Crippen LogP contribution in [0.1, 0.15) is 13.0 Å². The highest BCUT2D eigenvalue weighted by Gasteiger charge is 2.13. The second-order valence-corrected chi connectivity index (χ2v) is 4.31. The monoisotopic (exact) mass is 238 g/mol. The zero-order valence-electron chi connectivity index (χ0n) is 5.80. The van der Waals surface area contributed by atoms with Gasteiger partial charge in [0, 0.05) is 5.56 Å². The molecule has 0 aliphatic carbocycles.